The fourth-order valence-electron chi connectivity index (χ4n) is 1.09. The van der Waals surface area contributed by atoms with Crippen molar-refractivity contribution in [1.82, 2.24) is 10.2 Å². The lowest BCUT2D eigenvalue weighted by molar-refractivity contribution is 1.02. The van der Waals surface area contributed by atoms with Crippen molar-refractivity contribution in [2.24, 2.45) is 5.10 Å². The van der Waals surface area contributed by atoms with Crippen molar-refractivity contribution in [2.75, 3.05) is 5.43 Å². The highest BCUT2D eigenvalue weighted by Crippen LogP contribution is 2.05. The second kappa shape index (κ2) is 5.23. The van der Waals surface area contributed by atoms with E-state index in [1.54, 1.807) is 18.3 Å². The highest BCUT2D eigenvalue weighted by Gasteiger charge is 1.92. The minimum atomic E-state index is 0.359. The molecule has 0 aliphatic carbocycles. The zero-order chi connectivity index (χ0) is 11.2. The zero-order valence-electron chi connectivity index (χ0n) is 8.34. The van der Waals surface area contributed by atoms with E-state index in [0.717, 1.165) is 5.56 Å². The van der Waals surface area contributed by atoms with Gasteiger partial charge in [-0.05, 0) is 17.7 Å². The fourth-order valence-corrected chi connectivity index (χ4v) is 1.19. The van der Waals surface area contributed by atoms with E-state index in [1.807, 2.05) is 30.3 Å². The van der Waals surface area contributed by atoms with Crippen molar-refractivity contribution in [3.05, 3.63) is 53.2 Å². The van der Waals surface area contributed by atoms with Gasteiger partial charge in [0.1, 0.15) is 0 Å². The molecule has 0 aliphatic heterocycles. The van der Waals surface area contributed by atoms with Gasteiger partial charge in [0.15, 0.2) is 11.0 Å². The first kappa shape index (κ1) is 10.6. The van der Waals surface area contributed by atoms with E-state index in [9.17, 15) is 0 Å². The Hall–Kier alpha value is -1.94. The van der Waals surface area contributed by atoms with E-state index >= 15 is 0 Å². The van der Waals surface area contributed by atoms with Crippen LogP contribution in [0.4, 0.5) is 5.82 Å². The topological polar surface area (TPSA) is 50.2 Å². The summed E-state index contributed by atoms with van der Waals surface area (Å²) in [6, 6.07) is 13.1. The molecule has 1 aromatic carbocycles. The van der Waals surface area contributed by atoms with Gasteiger partial charge in [0, 0.05) is 0 Å². The van der Waals surface area contributed by atoms with Gasteiger partial charge < -0.3 is 0 Å². The van der Waals surface area contributed by atoms with Crippen molar-refractivity contribution in [3.63, 3.8) is 0 Å². The predicted molar refractivity (Wildman–Crippen MR) is 64.7 cm³/mol. The lowest BCUT2D eigenvalue weighted by Crippen LogP contribution is -1.94. The third-order valence-electron chi connectivity index (χ3n) is 1.82. The van der Waals surface area contributed by atoms with Crippen molar-refractivity contribution < 1.29 is 0 Å². The molecular weight excluding hydrogens is 224 g/mol. The van der Waals surface area contributed by atoms with E-state index in [-0.39, 0.29) is 0 Å². The molecule has 0 unspecified atom stereocenters. The molecular formula is C11H9ClN4. The smallest absolute Gasteiger partial charge is 0.168 e. The first-order valence-corrected chi connectivity index (χ1v) is 5.06. The fraction of sp³-hybridized carbons (Fsp3) is 0. The van der Waals surface area contributed by atoms with E-state index in [0.29, 0.717) is 11.0 Å². The molecule has 0 fully saturated rings. The first-order chi connectivity index (χ1) is 7.84. The summed E-state index contributed by atoms with van der Waals surface area (Å²) >= 11 is 5.60. The summed E-state index contributed by atoms with van der Waals surface area (Å²) in [6.45, 7) is 0. The van der Waals surface area contributed by atoms with Gasteiger partial charge in [-0.2, -0.15) is 5.10 Å². The van der Waals surface area contributed by atoms with Crippen LogP contribution in [-0.2, 0) is 0 Å². The summed E-state index contributed by atoms with van der Waals surface area (Å²) in [5.41, 5.74) is 3.77. The van der Waals surface area contributed by atoms with Crippen LogP contribution in [0.2, 0.25) is 5.15 Å². The molecule has 4 nitrogen and oxygen atoms in total. The number of nitrogens with zero attached hydrogens (tertiary/aromatic N) is 3. The Bertz CT molecular complexity index is 467. The molecule has 1 aromatic heterocycles. The second-order valence-electron chi connectivity index (χ2n) is 3.02. The predicted octanol–water partition coefficient (Wildman–Crippen LogP) is 2.58. The Morgan fingerprint density at radius 1 is 1.06 bits per heavy atom. The highest BCUT2D eigenvalue weighted by atomic mass is 35.5. The number of anilines is 1. The summed E-state index contributed by atoms with van der Waals surface area (Å²) in [7, 11) is 0. The van der Waals surface area contributed by atoms with Gasteiger partial charge in [0.05, 0.1) is 6.21 Å². The third kappa shape index (κ3) is 3.03. The number of hydrazone groups is 1. The molecule has 0 atom stereocenters. The molecule has 0 aliphatic rings. The van der Waals surface area contributed by atoms with Crippen LogP contribution >= 0.6 is 11.6 Å². The zero-order valence-corrected chi connectivity index (χ0v) is 9.09. The Balaban J connectivity index is 1.97. The number of benzene rings is 1. The van der Waals surface area contributed by atoms with Crippen molar-refractivity contribution in [3.8, 4) is 0 Å². The molecule has 0 saturated carbocycles. The van der Waals surface area contributed by atoms with Gasteiger partial charge in [0.25, 0.3) is 0 Å². The lowest BCUT2D eigenvalue weighted by Gasteiger charge is -1.97. The summed E-state index contributed by atoms with van der Waals surface area (Å²) < 4.78 is 0. The van der Waals surface area contributed by atoms with Crippen LogP contribution in [0.5, 0.6) is 0 Å². The van der Waals surface area contributed by atoms with E-state index in [1.165, 1.54) is 0 Å². The highest BCUT2D eigenvalue weighted by molar-refractivity contribution is 6.29. The Morgan fingerprint density at radius 3 is 2.56 bits per heavy atom. The molecule has 16 heavy (non-hydrogen) atoms. The summed E-state index contributed by atoms with van der Waals surface area (Å²) in [5, 5.41) is 11.9. The second-order valence-corrected chi connectivity index (χ2v) is 3.41. The maximum Gasteiger partial charge on any atom is 0.168 e. The monoisotopic (exact) mass is 232 g/mol. The van der Waals surface area contributed by atoms with Gasteiger partial charge in [-0.1, -0.05) is 41.9 Å². The van der Waals surface area contributed by atoms with Crippen molar-refractivity contribution in [2.45, 2.75) is 0 Å². The van der Waals surface area contributed by atoms with Crippen LogP contribution < -0.4 is 5.43 Å². The van der Waals surface area contributed by atoms with Gasteiger partial charge >= 0.3 is 0 Å². The van der Waals surface area contributed by atoms with E-state index in [4.69, 9.17) is 11.6 Å². The quantitative estimate of drug-likeness (QED) is 0.654. The molecule has 0 spiro atoms. The van der Waals surface area contributed by atoms with E-state index in [2.05, 4.69) is 20.7 Å². The lowest BCUT2D eigenvalue weighted by atomic mass is 10.2. The van der Waals surface area contributed by atoms with Crippen molar-refractivity contribution in [1.29, 1.82) is 0 Å². The maximum absolute atomic E-state index is 5.60. The average molecular weight is 233 g/mol. The van der Waals surface area contributed by atoms with Crippen molar-refractivity contribution >= 4 is 23.6 Å². The Morgan fingerprint density at radius 2 is 1.88 bits per heavy atom. The number of rotatable bonds is 3. The standard InChI is InChI=1S/C11H9ClN4/c12-10-6-7-11(16-14-10)15-13-8-9-4-2-1-3-5-9/h1-8H,(H,15,16)/b13-8+. The number of halogens is 1. The molecule has 0 saturated heterocycles. The average Bonchev–Trinajstić information content (AvgIpc) is 2.33. The molecule has 80 valence electrons. The van der Waals surface area contributed by atoms with Gasteiger partial charge in [-0.15, -0.1) is 10.2 Å². The Kier molecular flexibility index (Phi) is 3.46. The summed E-state index contributed by atoms with van der Waals surface area (Å²) in [6.07, 6.45) is 1.70. The summed E-state index contributed by atoms with van der Waals surface area (Å²) in [4.78, 5) is 0. The van der Waals surface area contributed by atoms with Crippen LogP contribution in [0.3, 0.4) is 0 Å². The largest absolute Gasteiger partial charge is 0.260 e. The Labute approximate surface area is 98.0 Å². The summed E-state index contributed by atoms with van der Waals surface area (Å²) in [5.74, 6) is 0.552. The number of aromatic nitrogens is 2. The number of nitrogens with one attached hydrogen (secondary N) is 1. The maximum atomic E-state index is 5.60. The number of hydrogen-bond acceptors (Lipinski definition) is 4. The molecule has 5 heteroatoms. The van der Waals surface area contributed by atoms with Crippen LogP contribution in [0, 0.1) is 0 Å². The van der Waals surface area contributed by atoms with E-state index < -0.39 is 0 Å². The van der Waals surface area contributed by atoms with Crippen LogP contribution in [0.25, 0.3) is 0 Å². The molecule has 1 N–H and O–H groups in total. The SMILES string of the molecule is Clc1ccc(N/N=C/c2ccccc2)nn1. The molecule has 0 amide bonds. The minimum absolute atomic E-state index is 0.359. The normalized spacial score (nSPS) is 10.6. The van der Waals surface area contributed by atoms with Gasteiger partial charge in [-0.25, -0.2) is 0 Å². The van der Waals surface area contributed by atoms with Gasteiger partial charge in [0.2, 0.25) is 0 Å². The van der Waals surface area contributed by atoms with Crippen LogP contribution in [0.1, 0.15) is 5.56 Å². The van der Waals surface area contributed by atoms with Gasteiger partial charge in [-0.3, -0.25) is 5.43 Å². The molecule has 1 heterocycles. The molecule has 0 bridgehead atoms. The minimum Gasteiger partial charge on any atom is -0.260 e. The number of hydrogen-bond donors (Lipinski definition) is 1. The van der Waals surface area contributed by atoms with Crippen LogP contribution in [-0.4, -0.2) is 16.4 Å². The molecule has 2 rings (SSSR count). The third-order valence-corrected chi connectivity index (χ3v) is 2.03. The molecule has 0 radical (unpaired) electrons. The first-order valence-electron chi connectivity index (χ1n) is 4.68. The van der Waals surface area contributed by atoms with Crippen LogP contribution in [0.15, 0.2) is 47.6 Å². The molecule has 2 aromatic rings.